The standard InChI is InChI=1S/C14H21NO3/c1-10(2)8-12(15)13(16)9-14(17)18-11-6-4-3-5-7-11/h3-7,10,12-13,16H,8-9,15H2,1-2H3. The van der Waals surface area contributed by atoms with E-state index in [1.165, 1.54) is 0 Å². The number of para-hydroxylation sites is 1. The molecule has 0 aromatic heterocycles. The van der Waals surface area contributed by atoms with Crippen molar-refractivity contribution in [1.82, 2.24) is 0 Å². The van der Waals surface area contributed by atoms with Crippen LogP contribution in [0.4, 0.5) is 0 Å². The monoisotopic (exact) mass is 251 g/mol. The van der Waals surface area contributed by atoms with Gasteiger partial charge in [0.15, 0.2) is 0 Å². The Morgan fingerprint density at radius 1 is 1.33 bits per heavy atom. The molecule has 0 amide bonds. The largest absolute Gasteiger partial charge is 0.426 e. The zero-order chi connectivity index (χ0) is 13.5. The smallest absolute Gasteiger partial charge is 0.313 e. The zero-order valence-electron chi connectivity index (χ0n) is 10.9. The highest BCUT2D eigenvalue weighted by Gasteiger charge is 2.20. The average molecular weight is 251 g/mol. The van der Waals surface area contributed by atoms with Crippen LogP contribution < -0.4 is 10.5 Å². The predicted molar refractivity (Wildman–Crippen MR) is 70.1 cm³/mol. The van der Waals surface area contributed by atoms with Gasteiger partial charge in [0.05, 0.1) is 12.5 Å². The molecular weight excluding hydrogens is 230 g/mol. The Hall–Kier alpha value is -1.39. The third-order valence-corrected chi connectivity index (χ3v) is 2.59. The summed E-state index contributed by atoms with van der Waals surface area (Å²) in [6.45, 7) is 4.05. The van der Waals surface area contributed by atoms with Gasteiger partial charge in [0.1, 0.15) is 5.75 Å². The molecule has 0 radical (unpaired) electrons. The molecule has 0 heterocycles. The number of aliphatic hydroxyl groups is 1. The molecule has 0 aliphatic rings. The fourth-order valence-electron chi connectivity index (χ4n) is 1.69. The first kappa shape index (κ1) is 14.7. The first-order valence-electron chi connectivity index (χ1n) is 6.18. The predicted octanol–water partition coefficient (Wildman–Crippen LogP) is 1.72. The van der Waals surface area contributed by atoms with Crippen molar-refractivity contribution in [3.8, 4) is 5.75 Å². The van der Waals surface area contributed by atoms with Gasteiger partial charge >= 0.3 is 5.97 Å². The maximum atomic E-state index is 11.6. The zero-order valence-corrected chi connectivity index (χ0v) is 10.9. The van der Waals surface area contributed by atoms with E-state index in [1.807, 2.05) is 19.9 Å². The van der Waals surface area contributed by atoms with Gasteiger partial charge in [-0.2, -0.15) is 0 Å². The second-order valence-corrected chi connectivity index (χ2v) is 4.85. The van der Waals surface area contributed by atoms with Crippen LogP contribution in [0, 0.1) is 5.92 Å². The van der Waals surface area contributed by atoms with E-state index in [-0.39, 0.29) is 6.42 Å². The topological polar surface area (TPSA) is 72.5 Å². The molecule has 2 unspecified atom stereocenters. The number of esters is 1. The molecule has 0 spiro atoms. The van der Waals surface area contributed by atoms with Gasteiger partial charge in [-0.05, 0) is 24.5 Å². The average Bonchev–Trinajstić information content (AvgIpc) is 2.29. The Morgan fingerprint density at radius 3 is 2.50 bits per heavy atom. The Kier molecular flexibility index (Phi) is 5.82. The Labute approximate surface area is 108 Å². The minimum Gasteiger partial charge on any atom is -0.426 e. The van der Waals surface area contributed by atoms with E-state index in [1.54, 1.807) is 24.3 Å². The van der Waals surface area contributed by atoms with Crippen LogP contribution in [0.2, 0.25) is 0 Å². The molecule has 1 aromatic carbocycles. The maximum Gasteiger partial charge on any atom is 0.313 e. The van der Waals surface area contributed by atoms with Crippen LogP contribution in [0.15, 0.2) is 30.3 Å². The quantitative estimate of drug-likeness (QED) is 0.596. The molecule has 18 heavy (non-hydrogen) atoms. The van der Waals surface area contributed by atoms with E-state index in [0.29, 0.717) is 18.1 Å². The van der Waals surface area contributed by atoms with Gasteiger partial charge in [0.2, 0.25) is 0 Å². The molecule has 1 aromatic rings. The number of hydrogen-bond donors (Lipinski definition) is 2. The minimum atomic E-state index is -0.858. The first-order valence-corrected chi connectivity index (χ1v) is 6.18. The van der Waals surface area contributed by atoms with Gasteiger partial charge in [-0.25, -0.2) is 0 Å². The number of carbonyl (C=O) groups is 1. The third kappa shape index (κ3) is 5.29. The summed E-state index contributed by atoms with van der Waals surface area (Å²) in [6.07, 6.45) is -0.258. The summed E-state index contributed by atoms with van der Waals surface area (Å²) in [5, 5.41) is 9.79. The molecular formula is C14H21NO3. The van der Waals surface area contributed by atoms with E-state index in [2.05, 4.69) is 0 Å². The molecule has 0 saturated carbocycles. The summed E-state index contributed by atoms with van der Waals surface area (Å²) >= 11 is 0. The number of benzene rings is 1. The number of nitrogens with two attached hydrogens (primary N) is 1. The number of ether oxygens (including phenoxy) is 1. The van der Waals surface area contributed by atoms with E-state index in [0.717, 1.165) is 0 Å². The lowest BCUT2D eigenvalue weighted by Crippen LogP contribution is -2.38. The van der Waals surface area contributed by atoms with Crippen molar-refractivity contribution in [2.75, 3.05) is 0 Å². The normalized spacial score (nSPS) is 14.3. The lowest BCUT2D eigenvalue weighted by Gasteiger charge is -2.19. The summed E-state index contributed by atoms with van der Waals surface area (Å²) in [6, 6.07) is 8.39. The molecule has 0 aliphatic heterocycles. The highest BCUT2D eigenvalue weighted by atomic mass is 16.5. The lowest BCUT2D eigenvalue weighted by molar-refractivity contribution is -0.136. The molecule has 0 aliphatic carbocycles. The maximum absolute atomic E-state index is 11.6. The van der Waals surface area contributed by atoms with Gasteiger partial charge in [-0.15, -0.1) is 0 Å². The number of hydrogen-bond acceptors (Lipinski definition) is 4. The highest BCUT2D eigenvalue weighted by molar-refractivity contribution is 5.72. The lowest BCUT2D eigenvalue weighted by atomic mass is 9.98. The fourth-order valence-corrected chi connectivity index (χ4v) is 1.69. The molecule has 0 bridgehead atoms. The number of aliphatic hydroxyl groups excluding tert-OH is 1. The van der Waals surface area contributed by atoms with Crippen molar-refractivity contribution in [3.63, 3.8) is 0 Å². The Balaban J connectivity index is 2.40. The SMILES string of the molecule is CC(C)CC(N)C(O)CC(=O)Oc1ccccc1. The minimum absolute atomic E-state index is 0.0806. The van der Waals surface area contributed by atoms with Crippen LogP contribution >= 0.6 is 0 Å². The first-order chi connectivity index (χ1) is 8.49. The Bertz CT molecular complexity index is 365. The van der Waals surface area contributed by atoms with Gasteiger partial charge in [0, 0.05) is 6.04 Å². The van der Waals surface area contributed by atoms with Crippen molar-refractivity contribution in [2.45, 2.75) is 38.8 Å². The van der Waals surface area contributed by atoms with Crippen LogP contribution in [-0.4, -0.2) is 23.2 Å². The van der Waals surface area contributed by atoms with Crippen molar-refractivity contribution >= 4 is 5.97 Å². The van der Waals surface area contributed by atoms with Crippen molar-refractivity contribution in [3.05, 3.63) is 30.3 Å². The van der Waals surface area contributed by atoms with Crippen LogP contribution in [-0.2, 0) is 4.79 Å². The van der Waals surface area contributed by atoms with Crippen LogP contribution in [0.25, 0.3) is 0 Å². The summed E-state index contributed by atoms with van der Waals surface area (Å²) in [5.41, 5.74) is 5.80. The van der Waals surface area contributed by atoms with Gasteiger partial charge < -0.3 is 15.6 Å². The molecule has 4 nitrogen and oxygen atoms in total. The van der Waals surface area contributed by atoms with Crippen LogP contribution in [0.5, 0.6) is 5.75 Å². The second-order valence-electron chi connectivity index (χ2n) is 4.85. The second kappa shape index (κ2) is 7.13. The third-order valence-electron chi connectivity index (χ3n) is 2.59. The molecule has 0 fully saturated rings. The summed E-state index contributed by atoms with van der Waals surface area (Å²) in [4.78, 5) is 11.6. The van der Waals surface area contributed by atoms with Crippen molar-refractivity contribution in [2.24, 2.45) is 11.7 Å². The molecule has 3 N–H and O–H groups in total. The van der Waals surface area contributed by atoms with Crippen molar-refractivity contribution < 1.29 is 14.6 Å². The number of rotatable bonds is 6. The van der Waals surface area contributed by atoms with Crippen LogP contribution in [0.3, 0.4) is 0 Å². The molecule has 0 saturated heterocycles. The summed E-state index contributed by atoms with van der Waals surface area (Å²) in [7, 11) is 0. The summed E-state index contributed by atoms with van der Waals surface area (Å²) in [5.74, 6) is 0.403. The molecule has 4 heteroatoms. The molecule has 2 atom stereocenters. The van der Waals surface area contributed by atoms with E-state index in [4.69, 9.17) is 10.5 Å². The fraction of sp³-hybridized carbons (Fsp3) is 0.500. The van der Waals surface area contributed by atoms with Crippen molar-refractivity contribution in [1.29, 1.82) is 0 Å². The van der Waals surface area contributed by atoms with E-state index in [9.17, 15) is 9.90 Å². The molecule has 1 rings (SSSR count). The molecule has 100 valence electrons. The van der Waals surface area contributed by atoms with Gasteiger partial charge in [0.25, 0.3) is 0 Å². The Morgan fingerprint density at radius 2 is 1.94 bits per heavy atom. The number of carbonyl (C=O) groups excluding carboxylic acids is 1. The van der Waals surface area contributed by atoms with E-state index >= 15 is 0 Å². The summed E-state index contributed by atoms with van der Waals surface area (Å²) < 4.78 is 5.09. The highest BCUT2D eigenvalue weighted by Crippen LogP contribution is 2.12. The van der Waals surface area contributed by atoms with Crippen LogP contribution in [0.1, 0.15) is 26.7 Å². The van der Waals surface area contributed by atoms with Gasteiger partial charge in [-0.1, -0.05) is 32.0 Å². The van der Waals surface area contributed by atoms with E-state index < -0.39 is 18.1 Å². The van der Waals surface area contributed by atoms with Gasteiger partial charge in [-0.3, -0.25) is 4.79 Å².